The second-order valence-corrected chi connectivity index (χ2v) is 8.66. The van der Waals surface area contributed by atoms with Crippen LogP contribution in [0, 0.1) is 11.3 Å². The number of aliphatic imine (C=N–C) groups is 1. The van der Waals surface area contributed by atoms with E-state index in [0.717, 1.165) is 25.1 Å². The van der Waals surface area contributed by atoms with Gasteiger partial charge in [-0.25, -0.2) is 0 Å². The van der Waals surface area contributed by atoms with Crippen molar-refractivity contribution in [2.24, 2.45) is 16.3 Å². The fourth-order valence-electron chi connectivity index (χ4n) is 5.01. The van der Waals surface area contributed by atoms with E-state index in [1.807, 2.05) is 0 Å². The molecule has 30 heavy (non-hydrogen) atoms. The summed E-state index contributed by atoms with van der Waals surface area (Å²) < 4.78 is 50.9. The van der Waals surface area contributed by atoms with Crippen LogP contribution in [0.1, 0.15) is 37.5 Å². The van der Waals surface area contributed by atoms with E-state index in [0.29, 0.717) is 31.2 Å². The Bertz CT molecular complexity index is 787. The molecule has 1 aromatic rings. The number of hydrogen-bond acceptors (Lipinski definition) is 3. The molecule has 2 aliphatic heterocycles. The fourth-order valence-corrected chi connectivity index (χ4v) is 5.01. The molecule has 0 aromatic heterocycles. The van der Waals surface area contributed by atoms with Crippen LogP contribution in [-0.2, 0) is 15.7 Å². The van der Waals surface area contributed by atoms with Gasteiger partial charge in [0.25, 0.3) is 0 Å². The number of alkyl halides is 3. The van der Waals surface area contributed by atoms with E-state index in [2.05, 4.69) is 29.1 Å². The number of fused-ring (bicyclic) bond motifs is 1. The maximum Gasteiger partial charge on any atom is 0.416 e. The van der Waals surface area contributed by atoms with Crippen molar-refractivity contribution < 1.29 is 22.6 Å². The lowest BCUT2D eigenvalue weighted by atomic mass is 9.57. The number of hydrogen-bond donors (Lipinski definition) is 1. The minimum atomic E-state index is -4.36. The molecule has 2 heterocycles. The van der Waals surface area contributed by atoms with E-state index < -0.39 is 17.8 Å². The van der Waals surface area contributed by atoms with E-state index in [1.54, 1.807) is 13.1 Å². The zero-order chi connectivity index (χ0) is 20.8. The zero-order valence-electron chi connectivity index (χ0n) is 17.4. The summed E-state index contributed by atoms with van der Waals surface area (Å²) in [5, 5.41) is 3.60. The third-order valence-electron chi connectivity index (χ3n) is 6.55. The van der Waals surface area contributed by atoms with E-state index in [1.165, 1.54) is 12.1 Å². The molecule has 3 fully saturated rings. The molecule has 0 spiro atoms. The first-order valence-electron chi connectivity index (χ1n) is 10.1. The lowest BCUT2D eigenvalue weighted by molar-refractivity contribution is -0.137. The number of morpholine rings is 1. The zero-order valence-corrected chi connectivity index (χ0v) is 19.7. The Morgan fingerprint density at radius 3 is 2.70 bits per heavy atom. The maximum atomic E-state index is 13.1. The van der Waals surface area contributed by atoms with Crippen LogP contribution < -0.4 is 5.32 Å². The number of halogens is 4. The smallest absolute Gasteiger partial charge is 0.377 e. The molecule has 4 atom stereocenters. The predicted molar refractivity (Wildman–Crippen MR) is 119 cm³/mol. The summed E-state index contributed by atoms with van der Waals surface area (Å²) in [6.45, 7) is 6.74. The van der Waals surface area contributed by atoms with Crippen molar-refractivity contribution in [3.05, 3.63) is 35.4 Å². The van der Waals surface area contributed by atoms with Crippen LogP contribution in [0.5, 0.6) is 0 Å². The van der Waals surface area contributed by atoms with Crippen molar-refractivity contribution in [3.8, 4) is 0 Å². The molecule has 9 heteroatoms. The molecule has 3 aliphatic rings. The average molecular weight is 539 g/mol. The lowest BCUT2D eigenvalue weighted by Crippen LogP contribution is -2.68. The van der Waals surface area contributed by atoms with E-state index >= 15 is 0 Å². The molecule has 0 bridgehead atoms. The van der Waals surface area contributed by atoms with Crippen LogP contribution in [0.25, 0.3) is 0 Å². The quantitative estimate of drug-likeness (QED) is 0.350. The molecule has 4 unspecified atom stereocenters. The molecule has 2 saturated heterocycles. The summed E-state index contributed by atoms with van der Waals surface area (Å²) in [4.78, 5) is 6.53. The van der Waals surface area contributed by atoms with Gasteiger partial charge in [-0.2, -0.15) is 13.2 Å². The van der Waals surface area contributed by atoms with Gasteiger partial charge in [-0.3, -0.25) is 4.99 Å². The number of nitrogens with zero attached hydrogens (tertiary/aromatic N) is 2. The molecule has 1 aromatic carbocycles. The van der Waals surface area contributed by atoms with Gasteiger partial charge >= 0.3 is 6.18 Å². The van der Waals surface area contributed by atoms with E-state index in [-0.39, 0.29) is 41.5 Å². The van der Waals surface area contributed by atoms with Gasteiger partial charge in [-0.05, 0) is 24.1 Å². The number of nitrogens with one attached hydrogen (secondary N) is 1. The van der Waals surface area contributed by atoms with Crippen molar-refractivity contribution >= 4 is 29.9 Å². The molecular formula is C21H29F3IN3O2. The highest BCUT2D eigenvalue weighted by molar-refractivity contribution is 14.0. The summed E-state index contributed by atoms with van der Waals surface area (Å²) in [5.41, 5.74) is -0.0981. The molecule has 4 rings (SSSR count). The monoisotopic (exact) mass is 539 g/mol. The first-order valence-corrected chi connectivity index (χ1v) is 10.1. The Labute approximate surface area is 192 Å². The van der Waals surface area contributed by atoms with Gasteiger partial charge in [0.1, 0.15) is 6.10 Å². The van der Waals surface area contributed by atoms with Crippen LogP contribution in [-0.4, -0.2) is 56.4 Å². The molecular weight excluding hydrogens is 510 g/mol. The van der Waals surface area contributed by atoms with Crippen LogP contribution in [0.4, 0.5) is 13.2 Å². The first-order chi connectivity index (χ1) is 13.7. The van der Waals surface area contributed by atoms with Crippen LogP contribution >= 0.6 is 24.0 Å². The van der Waals surface area contributed by atoms with Crippen LogP contribution in [0.15, 0.2) is 29.3 Å². The first kappa shape index (κ1) is 23.6. The molecule has 1 saturated carbocycles. The summed E-state index contributed by atoms with van der Waals surface area (Å²) >= 11 is 0. The second-order valence-electron chi connectivity index (χ2n) is 8.66. The van der Waals surface area contributed by atoms with Crippen molar-refractivity contribution in [2.75, 3.05) is 33.4 Å². The SMILES string of the molecule is CN=C(NC1C2CCOC2C1(C)C)N1CCOC(c2cccc(C(F)(F)F)c2)C1.I. The summed E-state index contributed by atoms with van der Waals surface area (Å²) in [6, 6.07) is 5.66. The predicted octanol–water partition coefficient (Wildman–Crippen LogP) is 4.09. The Hall–Kier alpha value is -1.07. The minimum Gasteiger partial charge on any atom is -0.377 e. The van der Waals surface area contributed by atoms with Crippen molar-refractivity contribution in [1.82, 2.24) is 10.2 Å². The van der Waals surface area contributed by atoms with Crippen molar-refractivity contribution in [2.45, 2.75) is 44.7 Å². The van der Waals surface area contributed by atoms with Crippen LogP contribution in [0.2, 0.25) is 0 Å². The van der Waals surface area contributed by atoms with E-state index in [9.17, 15) is 13.2 Å². The lowest BCUT2D eigenvalue weighted by Gasteiger charge is -2.55. The Balaban J connectivity index is 0.00000256. The Kier molecular flexibility index (Phi) is 6.93. The summed E-state index contributed by atoms with van der Waals surface area (Å²) in [7, 11) is 1.74. The third-order valence-corrected chi connectivity index (χ3v) is 6.55. The minimum absolute atomic E-state index is 0. The number of ether oxygens (including phenoxy) is 2. The van der Waals surface area contributed by atoms with Gasteiger partial charge in [0, 0.05) is 37.6 Å². The van der Waals surface area contributed by atoms with Gasteiger partial charge < -0.3 is 19.7 Å². The fraction of sp³-hybridized carbons (Fsp3) is 0.667. The van der Waals surface area contributed by atoms with Gasteiger partial charge in [0.05, 0.1) is 24.8 Å². The highest BCUT2D eigenvalue weighted by Gasteiger charge is 2.59. The standard InChI is InChI=1S/C21H28F3N3O2.HI/c1-20(2)17(15-7-9-29-18(15)20)26-19(25-3)27-8-10-28-16(12-27)13-5-4-6-14(11-13)21(22,23)24;/h4-6,11,15-18H,7-10,12H2,1-3H3,(H,25,26);1H. The number of rotatable bonds is 2. The molecule has 168 valence electrons. The maximum absolute atomic E-state index is 13.1. The second kappa shape index (κ2) is 8.82. The Morgan fingerprint density at radius 1 is 1.23 bits per heavy atom. The number of guanidine groups is 1. The van der Waals surface area contributed by atoms with E-state index in [4.69, 9.17) is 9.47 Å². The summed E-state index contributed by atoms with van der Waals surface area (Å²) in [6.07, 6.45) is -3.47. The Morgan fingerprint density at radius 2 is 2.00 bits per heavy atom. The highest BCUT2D eigenvalue weighted by atomic mass is 127. The average Bonchev–Trinajstić information content (AvgIpc) is 3.15. The highest BCUT2D eigenvalue weighted by Crippen LogP contribution is 2.52. The topological polar surface area (TPSA) is 46.1 Å². The normalized spacial score (nSPS) is 30.9. The molecule has 1 aliphatic carbocycles. The van der Waals surface area contributed by atoms with Crippen LogP contribution in [0.3, 0.4) is 0 Å². The van der Waals surface area contributed by atoms with Crippen molar-refractivity contribution in [3.63, 3.8) is 0 Å². The van der Waals surface area contributed by atoms with Gasteiger partial charge in [-0.1, -0.05) is 26.0 Å². The molecule has 1 N–H and O–H groups in total. The summed E-state index contributed by atoms with van der Waals surface area (Å²) in [5.74, 6) is 1.25. The molecule has 0 amide bonds. The third kappa shape index (κ3) is 4.29. The molecule has 5 nitrogen and oxygen atoms in total. The van der Waals surface area contributed by atoms with Crippen molar-refractivity contribution in [1.29, 1.82) is 0 Å². The van der Waals surface area contributed by atoms with Gasteiger partial charge in [-0.15, -0.1) is 24.0 Å². The van der Waals surface area contributed by atoms with Gasteiger partial charge in [0.2, 0.25) is 0 Å². The van der Waals surface area contributed by atoms with Gasteiger partial charge in [0.15, 0.2) is 5.96 Å². The largest absolute Gasteiger partial charge is 0.416 e. The number of benzene rings is 1. The molecule has 0 radical (unpaired) electrons.